The molecule has 0 radical (unpaired) electrons. The van der Waals surface area contributed by atoms with Crippen LogP contribution in [0.5, 0.6) is 0 Å². The molecule has 0 aliphatic heterocycles. The first-order valence-corrected chi connectivity index (χ1v) is 13.7. The average molecular weight is 493 g/mol. The van der Waals surface area contributed by atoms with Gasteiger partial charge in [-0.3, -0.25) is 0 Å². The lowest BCUT2D eigenvalue weighted by Crippen LogP contribution is -1.94. The largest absolute Gasteiger partial charge is 0.341 e. The van der Waals surface area contributed by atoms with Gasteiger partial charge in [0, 0.05) is 56.7 Å². The summed E-state index contributed by atoms with van der Waals surface area (Å²) in [6, 6.07) is 36.2. The molecule has 0 aliphatic rings. The number of fused-ring (bicyclic) bond motifs is 6. The lowest BCUT2D eigenvalue weighted by molar-refractivity contribution is 0.827. The highest BCUT2D eigenvalue weighted by Gasteiger charge is 2.15. The Labute approximate surface area is 223 Å². The normalized spacial score (nSPS) is 11.9. The Kier molecular flexibility index (Phi) is 5.19. The van der Waals surface area contributed by atoms with Crippen LogP contribution in [0.15, 0.2) is 97.1 Å². The van der Waals surface area contributed by atoms with Crippen LogP contribution in [0.4, 0.5) is 0 Å². The highest BCUT2D eigenvalue weighted by molar-refractivity contribution is 6.10. The molecule has 186 valence electrons. The molecule has 2 aromatic heterocycles. The van der Waals surface area contributed by atoms with Gasteiger partial charge in [-0.05, 0) is 97.5 Å². The number of para-hydroxylation sites is 2. The summed E-state index contributed by atoms with van der Waals surface area (Å²) in [6.45, 7) is 10.9. The fraction of sp³-hybridized carbons (Fsp3) is 0.167. The molecule has 0 saturated carbocycles. The molecule has 5 aromatic carbocycles. The number of hydrogen-bond acceptors (Lipinski definition) is 0. The molecular formula is C36H32N2. The molecule has 2 nitrogen and oxygen atoms in total. The van der Waals surface area contributed by atoms with Gasteiger partial charge in [0.1, 0.15) is 0 Å². The van der Waals surface area contributed by atoms with E-state index >= 15 is 0 Å². The molecule has 7 aromatic rings. The van der Waals surface area contributed by atoms with Crippen LogP contribution in [-0.2, 0) is 13.1 Å². The van der Waals surface area contributed by atoms with Crippen molar-refractivity contribution in [2.75, 3.05) is 0 Å². The molecule has 0 atom stereocenters. The Morgan fingerprint density at radius 3 is 1.26 bits per heavy atom. The Morgan fingerprint density at radius 1 is 0.447 bits per heavy atom. The standard InChI is InChI=1S/C36H32N2/c1-5-37-33-13-9-7-11-27(33)31-21-25(15-17-35(31)37)29-19-24(4)30(20-23(29)3)26-16-18-36-32(22-26)28-12-8-10-14-34(28)38(36)6-2/h7-22H,5-6H2,1-4H3. The predicted molar refractivity (Wildman–Crippen MR) is 164 cm³/mol. The third-order valence-corrected chi connectivity index (χ3v) is 8.37. The van der Waals surface area contributed by atoms with Crippen molar-refractivity contribution < 1.29 is 0 Å². The van der Waals surface area contributed by atoms with Gasteiger partial charge in [0.2, 0.25) is 0 Å². The molecule has 7 rings (SSSR count). The number of rotatable bonds is 4. The van der Waals surface area contributed by atoms with Crippen LogP contribution < -0.4 is 0 Å². The first-order chi connectivity index (χ1) is 18.6. The van der Waals surface area contributed by atoms with E-state index in [2.05, 4.69) is 134 Å². The van der Waals surface area contributed by atoms with Gasteiger partial charge in [-0.2, -0.15) is 0 Å². The van der Waals surface area contributed by atoms with Crippen molar-refractivity contribution >= 4 is 43.6 Å². The first-order valence-electron chi connectivity index (χ1n) is 13.7. The second-order valence-electron chi connectivity index (χ2n) is 10.5. The van der Waals surface area contributed by atoms with Gasteiger partial charge in [0.25, 0.3) is 0 Å². The molecule has 0 spiro atoms. The van der Waals surface area contributed by atoms with E-state index in [4.69, 9.17) is 0 Å². The molecule has 0 fully saturated rings. The lowest BCUT2D eigenvalue weighted by atomic mass is 9.91. The van der Waals surface area contributed by atoms with Gasteiger partial charge in [0.15, 0.2) is 0 Å². The van der Waals surface area contributed by atoms with Crippen LogP contribution in [0.1, 0.15) is 25.0 Å². The van der Waals surface area contributed by atoms with Crippen molar-refractivity contribution in [1.29, 1.82) is 0 Å². The summed E-state index contributed by atoms with van der Waals surface area (Å²) in [5, 5.41) is 5.33. The van der Waals surface area contributed by atoms with E-state index < -0.39 is 0 Å². The van der Waals surface area contributed by atoms with E-state index in [1.54, 1.807) is 0 Å². The van der Waals surface area contributed by atoms with Crippen molar-refractivity contribution in [2.24, 2.45) is 0 Å². The van der Waals surface area contributed by atoms with Gasteiger partial charge < -0.3 is 9.13 Å². The summed E-state index contributed by atoms with van der Waals surface area (Å²) in [4.78, 5) is 0. The van der Waals surface area contributed by atoms with Crippen molar-refractivity contribution in [3.63, 3.8) is 0 Å². The van der Waals surface area contributed by atoms with Gasteiger partial charge in [0.05, 0.1) is 0 Å². The van der Waals surface area contributed by atoms with Crippen molar-refractivity contribution in [3.8, 4) is 22.3 Å². The average Bonchev–Trinajstić information content (AvgIpc) is 3.45. The quantitative estimate of drug-likeness (QED) is 0.231. The minimum Gasteiger partial charge on any atom is -0.341 e. The van der Waals surface area contributed by atoms with E-state index in [1.165, 1.54) is 77.0 Å². The van der Waals surface area contributed by atoms with E-state index in [0.29, 0.717) is 0 Å². The monoisotopic (exact) mass is 492 g/mol. The van der Waals surface area contributed by atoms with Crippen LogP contribution in [0.2, 0.25) is 0 Å². The number of aromatic nitrogens is 2. The van der Waals surface area contributed by atoms with E-state index in [0.717, 1.165) is 13.1 Å². The van der Waals surface area contributed by atoms with Gasteiger partial charge >= 0.3 is 0 Å². The third-order valence-electron chi connectivity index (χ3n) is 8.37. The predicted octanol–water partition coefficient (Wildman–Crippen LogP) is 9.89. The third kappa shape index (κ3) is 3.26. The van der Waals surface area contributed by atoms with E-state index in [1.807, 2.05) is 0 Å². The van der Waals surface area contributed by atoms with Crippen LogP contribution in [0.3, 0.4) is 0 Å². The summed E-state index contributed by atoms with van der Waals surface area (Å²) in [5.74, 6) is 0. The number of hydrogen-bond donors (Lipinski definition) is 0. The minimum atomic E-state index is 0.970. The lowest BCUT2D eigenvalue weighted by Gasteiger charge is -2.14. The maximum absolute atomic E-state index is 2.42. The minimum absolute atomic E-state index is 0.970. The van der Waals surface area contributed by atoms with Crippen molar-refractivity contribution in [1.82, 2.24) is 9.13 Å². The highest BCUT2D eigenvalue weighted by atomic mass is 15.0. The van der Waals surface area contributed by atoms with Crippen LogP contribution >= 0.6 is 0 Å². The first kappa shape index (κ1) is 22.9. The van der Waals surface area contributed by atoms with Crippen LogP contribution in [0, 0.1) is 13.8 Å². The summed E-state index contributed by atoms with van der Waals surface area (Å²) in [7, 11) is 0. The van der Waals surface area contributed by atoms with Crippen LogP contribution in [0.25, 0.3) is 65.9 Å². The maximum Gasteiger partial charge on any atom is 0.0491 e. The fourth-order valence-corrected chi connectivity index (χ4v) is 6.56. The molecular weight excluding hydrogens is 460 g/mol. The smallest absolute Gasteiger partial charge is 0.0491 e. The Morgan fingerprint density at radius 2 is 0.842 bits per heavy atom. The second kappa shape index (κ2) is 8.63. The van der Waals surface area contributed by atoms with Gasteiger partial charge in [-0.15, -0.1) is 0 Å². The molecule has 0 N–H and O–H groups in total. The molecule has 0 amide bonds. The number of benzene rings is 5. The van der Waals surface area contributed by atoms with Crippen LogP contribution in [-0.4, -0.2) is 9.13 Å². The zero-order valence-corrected chi connectivity index (χ0v) is 22.5. The summed E-state index contributed by atoms with van der Waals surface area (Å²) in [6.07, 6.45) is 0. The van der Waals surface area contributed by atoms with E-state index in [9.17, 15) is 0 Å². The highest BCUT2D eigenvalue weighted by Crippen LogP contribution is 2.38. The topological polar surface area (TPSA) is 9.86 Å². The van der Waals surface area contributed by atoms with Gasteiger partial charge in [-0.1, -0.05) is 60.7 Å². The molecule has 38 heavy (non-hydrogen) atoms. The Bertz CT molecular complexity index is 1870. The van der Waals surface area contributed by atoms with E-state index in [-0.39, 0.29) is 0 Å². The fourth-order valence-electron chi connectivity index (χ4n) is 6.56. The second-order valence-corrected chi connectivity index (χ2v) is 10.5. The molecule has 2 heterocycles. The molecule has 0 saturated heterocycles. The number of nitrogens with zero attached hydrogens (tertiary/aromatic N) is 2. The summed E-state index contributed by atoms with van der Waals surface area (Å²) in [5.41, 5.74) is 13.0. The zero-order chi connectivity index (χ0) is 26.0. The molecule has 0 unspecified atom stereocenters. The molecule has 2 heteroatoms. The Hall–Kier alpha value is -4.30. The SMILES string of the molecule is CCn1c2ccccc2c2cc(-c3cc(C)c(-c4ccc5c(c4)c4ccccc4n5CC)cc3C)ccc21. The van der Waals surface area contributed by atoms with Crippen molar-refractivity contribution in [2.45, 2.75) is 40.8 Å². The number of aryl methyl sites for hydroxylation is 4. The summed E-state index contributed by atoms with van der Waals surface area (Å²) < 4.78 is 4.84. The Balaban J connectivity index is 1.37. The zero-order valence-electron chi connectivity index (χ0n) is 22.5. The molecule has 0 bridgehead atoms. The maximum atomic E-state index is 2.42. The van der Waals surface area contributed by atoms with Crippen molar-refractivity contribution in [3.05, 3.63) is 108 Å². The molecule has 0 aliphatic carbocycles. The van der Waals surface area contributed by atoms with Gasteiger partial charge in [-0.25, -0.2) is 0 Å². The summed E-state index contributed by atoms with van der Waals surface area (Å²) >= 11 is 0.